The van der Waals surface area contributed by atoms with E-state index in [0.29, 0.717) is 24.6 Å². The van der Waals surface area contributed by atoms with Crippen LogP contribution in [0.3, 0.4) is 0 Å². The molecule has 0 aliphatic carbocycles. The van der Waals surface area contributed by atoms with E-state index in [1.165, 1.54) is 5.56 Å². The molecule has 1 atom stereocenters. The number of carbonyl (C=O) groups is 1. The van der Waals surface area contributed by atoms with Crippen LogP contribution in [0, 0.1) is 0 Å². The van der Waals surface area contributed by atoms with Crippen molar-refractivity contribution >= 4 is 36.8 Å². The minimum atomic E-state index is -0.369. The average molecular weight is 348 g/mol. The van der Waals surface area contributed by atoms with Crippen LogP contribution in [-0.2, 0) is 11.2 Å². The molecule has 0 fully saturated rings. The summed E-state index contributed by atoms with van der Waals surface area (Å²) in [6, 6.07) is 8.65. The van der Waals surface area contributed by atoms with Gasteiger partial charge in [0.1, 0.15) is 0 Å². The first kappa shape index (κ1) is 23.2. The van der Waals surface area contributed by atoms with Crippen molar-refractivity contribution in [1.82, 2.24) is 5.32 Å². The lowest BCUT2D eigenvalue weighted by Gasteiger charge is -2.10. The third-order valence-corrected chi connectivity index (χ3v) is 3.32. The Hall–Kier alpha value is -1.07. The number of primary amides is 1. The Morgan fingerprint density at radius 3 is 2.32 bits per heavy atom. The van der Waals surface area contributed by atoms with Crippen LogP contribution < -0.4 is 16.8 Å². The van der Waals surface area contributed by atoms with Gasteiger partial charge < -0.3 is 16.8 Å². The van der Waals surface area contributed by atoms with Crippen LogP contribution >= 0.6 is 24.8 Å². The van der Waals surface area contributed by atoms with E-state index in [2.05, 4.69) is 24.4 Å². The Balaban J connectivity index is 0. The molecule has 0 aromatic heterocycles. The predicted octanol–water partition coefficient (Wildman–Crippen LogP) is 2.29. The maximum atomic E-state index is 11.4. The second-order valence-corrected chi connectivity index (χ2v) is 5.06. The van der Waals surface area contributed by atoms with E-state index >= 15 is 0 Å². The molecule has 0 aliphatic heterocycles. The zero-order chi connectivity index (χ0) is 15.0. The van der Waals surface area contributed by atoms with Gasteiger partial charge in [0, 0.05) is 11.6 Å². The van der Waals surface area contributed by atoms with Crippen molar-refractivity contribution < 1.29 is 4.79 Å². The molecule has 126 valence electrons. The van der Waals surface area contributed by atoms with Crippen LogP contribution in [0.15, 0.2) is 29.8 Å². The first-order chi connectivity index (χ1) is 9.56. The standard InChI is InChI=1S/C16H25N3O.2ClH/c1-12(19-2)10-13-5-7-14(8-6-13)11-15(16(18)20)4-3-9-17;;/h5-8,11-12,19H,3-4,9-10,17H2,1-2H3,(H2,18,20);2*1H/b15-11+;;. The SMILES string of the molecule is CNC(C)Cc1ccc(/C=C(\CCCN)C(N)=O)cc1.Cl.Cl. The fourth-order valence-corrected chi connectivity index (χ4v) is 1.97. The summed E-state index contributed by atoms with van der Waals surface area (Å²) in [6.07, 6.45) is 4.23. The lowest BCUT2D eigenvalue weighted by molar-refractivity contribution is -0.114. The minimum Gasteiger partial charge on any atom is -0.366 e. The quantitative estimate of drug-likeness (QED) is 0.631. The highest BCUT2D eigenvalue weighted by Crippen LogP contribution is 2.13. The Bertz CT molecular complexity index is 461. The maximum Gasteiger partial charge on any atom is 0.244 e. The zero-order valence-electron chi connectivity index (χ0n) is 13.2. The van der Waals surface area contributed by atoms with Crippen molar-refractivity contribution in [2.75, 3.05) is 13.6 Å². The first-order valence-electron chi connectivity index (χ1n) is 7.03. The van der Waals surface area contributed by atoms with Crippen molar-refractivity contribution in [2.45, 2.75) is 32.2 Å². The molecule has 0 saturated heterocycles. The topological polar surface area (TPSA) is 81.1 Å². The molecule has 6 heteroatoms. The van der Waals surface area contributed by atoms with E-state index < -0.39 is 0 Å². The highest BCUT2D eigenvalue weighted by molar-refractivity contribution is 5.96. The molecule has 5 N–H and O–H groups in total. The molecular weight excluding hydrogens is 321 g/mol. The van der Waals surface area contributed by atoms with Gasteiger partial charge in [-0.05, 0) is 57.0 Å². The van der Waals surface area contributed by atoms with Gasteiger partial charge in [-0.25, -0.2) is 0 Å². The van der Waals surface area contributed by atoms with Gasteiger partial charge in [0.15, 0.2) is 0 Å². The highest BCUT2D eigenvalue weighted by Gasteiger charge is 2.05. The Labute approximate surface area is 145 Å². The highest BCUT2D eigenvalue weighted by atomic mass is 35.5. The van der Waals surface area contributed by atoms with Gasteiger partial charge in [-0.15, -0.1) is 24.8 Å². The molecule has 22 heavy (non-hydrogen) atoms. The number of halogens is 2. The Morgan fingerprint density at radius 2 is 1.86 bits per heavy atom. The number of nitrogens with one attached hydrogen (secondary N) is 1. The third-order valence-electron chi connectivity index (χ3n) is 3.32. The predicted molar refractivity (Wildman–Crippen MR) is 98.6 cm³/mol. The van der Waals surface area contributed by atoms with Crippen LogP contribution in [0.1, 0.15) is 30.9 Å². The molecule has 0 spiro atoms. The minimum absolute atomic E-state index is 0. The second-order valence-electron chi connectivity index (χ2n) is 5.06. The summed E-state index contributed by atoms with van der Waals surface area (Å²) in [6.45, 7) is 2.71. The molecule has 4 nitrogen and oxygen atoms in total. The zero-order valence-corrected chi connectivity index (χ0v) is 14.8. The van der Waals surface area contributed by atoms with Gasteiger partial charge in [-0.1, -0.05) is 24.3 Å². The van der Waals surface area contributed by atoms with Crippen LogP contribution in [0.25, 0.3) is 6.08 Å². The summed E-state index contributed by atoms with van der Waals surface area (Å²) in [4.78, 5) is 11.4. The molecule has 1 aromatic rings. The number of likely N-dealkylation sites (N-methyl/N-ethyl adjacent to an activating group) is 1. The summed E-state index contributed by atoms with van der Waals surface area (Å²) < 4.78 is 0. The normalized spacial score (nSPS) is 12.0. The molecular formula is C16H27Cl2N3O. The molecule has 0 saturated carbocycles. The molecule has 1 amide bonds. The van der Waals surface area contributed by atoms with Gasteiger partial charge in [-0.3, -0.25) is 4.79 Å². The molecule has 0 bridgehead atoms. The number of hydrogen-bond acceptors (Lipinski definition) is 3. The molecule has 0 radical (unpaired) electrons. The lowest BCUT2D eigenvalue weighted by Crippen LogP contribution is -2.23. The average Bonchev–Trinajstić information content (AvgIpc) is 2.44. The number of carbonyl (C=O) groups excluding carboxylic acids is 1. The van der Waals surface area contributed by atoms with E-state index in [1.54, 1.807) is 0 Å². The molecule has 0 heterocycles. The summed E-state index contributed by atoms with van der Waals surface area (Å²) in [5.41, 5.74) is 13.7. The number of hydrogen-bond donors (Lipinski definition) is 3. The van der Waals surface area contributed by atoms with Gasteiger partial charge in [0.2, 0.25) is 5.91 Å². The fraction of sp³-hybridized carbons (Fsp3) is 0.438. The van der Waals surface area contributed by atoms with Crippen LogP contribution in [-0.4, -0.2) is 25.5 Å². The lowest BCUT2D eigenvalue weighted by atomic mass is 10.0. The molecule has 1 rings (SSSR count). The summed E-state index contributed by atoms with van der Waals surface area (Å²) in [5.74, 6) is -0.369. The summed E-state index contributed by atoms with van der Waals surface area (Å²) in [7, 11) is 1.96. The van der Waals surface area contributed by atoms with Crippen molar-refractivity contribution in [2.24, 2.45) is 11.5 Å². The maximum absolute atomic E-state index is 11.4. The van der Waals surface area contributed by atoms with E-state index in [-0.39, 0.29) is 30.7 Å². The monoisotopic (exact) mass is 347 g/mol. The smallest absolute Gasteiger partial charge is 0.244 e. The number of benzene rings is 1. The number of nitrogens with two attached hydrogens (primary N) is 2. The molecule has 0 aliphatic rings. The van der Waals surface area contributed by atoms with Gasteiger partial charge in [0.25, 0.3) is 0 Å². The van der Waals surface area contributed by atoms with Gasteiger partial charge >= 0.3 is 0 Å². The summed E-state index contributed by atoms with van der Waals surface area (Å²) >= 11 is 0. The van der Waals surface area contributed by atoms with Crippen LogP contribution in [0.4, 0.5) is 0 Å². The first-order valence-corrected chi connectivity index (χ1v) is 7.03. The number of rotatable bonds is 8. The van der Waals surface area contributed by atoms with E-state index in [1.807, 2.05) is 25.3 Å². The van der Waals surface area contributed by atoms with Crippen LogP contribution in [0.5, 0.6) is 0 Å². The van der Waals surface area contributed by atoms with Gasteiger partial charge in [-0.2, -0.15) is 0 Å². The summed E-state index contributed by atoms with van der Waals surface area (Å²) in [5, 5.41) is 3.21. The Kier molecular flexibility index (Phi) is 13.2. The third kappa shape index (κ3) is 8.39. The van der Waals surface area contributed by atoms with Crippen molar-refractivity contribution in [3.05, 3.63) is 41.0 Å². The van der Waals surface area contributed by atoms with E-state index in [9.17, 15) is 4.79 Å². The molecule has 1 aromatic carbocycles. The van der Waals surface area contributed by atoms with Gasteiger partial charge in [0.05, 0.1) is 0 Å². The largest absolute Gasteiger partial charge is 0.366 e. The second kappa shape index (κ2) is 12.5. The van der Waals surface area contributed by atoms with Crippen molar-refractivity contribution in [3.8, 4) is 0 Å². The molecule has 1 unspecified atom stereocenters. The van der Waals surface area contributed by atoms with Crippen LogP contribution in [0.2, 0.25) is 0 Å². The fourth-order valence-electron chi connectivity index (χ4n) is 1.97. The van der Waals surface area contributed by atoms with E-state index in [4.69, 9.17) is 11.5 Å². The van der Waals surface area contributed by atoms with Crippen molar-refractivity contribution in [3.63, 3.8) is 0 Å². The van der Waals surface area contributed by atoms with E-state index in [0.717, 1.165) is 18.4 Å². The number of amides is 1. The Morgan fingerprint density at radius 1 is 1.27 bits per heavy atom. The van der Waals surface area contributed by atoms with Crippen molar-refractivity contribution in [1.29, 1.82) is 0 Å².